The van der Waals surface area contributed by atoms with Gasteiger partial charge in [0.2, 0.25) is 5.91 Å². The second-order valence-corrected chi connectivity index (χ2v) is 9.05. The topological polar surface area (TPSA) is 66.0 Å². The monoisotopic (exact) mass is 536 g/mol. The molecule has 2 heterocycles. The zero-order chi connectivity index (χ0) is 19.6. The van der Waals surface area contributed by atoms with Gasteiger partial charge in [0.25, 0.3) is 0 Å². The summed E-state index contributed by atoms with van der Waals surface area (Å²) in [6, 6.07) is 0.418. The molecule has 1 saturated carbocycles. The number of thioether (sulfide) groups is 1. The molecule has 0 bridgehead atoms. The van der Waals surface area contributed by atoms with Gasteiger partial charge >= 0.3 is 0 Å². The molecule has 1 aliphatic carbocycles. The summed E-state index contributed by atoms with van der Waals surface area (Å²) in [5, 5.41) is 6.97. The smallest absolute Gasteiger partial charge is 0.225 e. The highest BCUT2D eigenvalue weighted by Gasteiger charge is 2.30. The number of nitrogens with one attached hydrogen (secondary N) is 2. The SMILES string of the molecule is CCNC(=NCCC1=CCOCC1)NC1CCC(C(=O)N2CCSCC2)CC1.I. The summed E-state index contributed by atoms with van der Waals surface area (Å²) in [6.07, 6.45) is 8.32. The number of guanidine groups is 1. The number of hydrogen-bond donors (Lipinski definition) is 2. The molecule has 0 atom stereocenters. The van der Waals surface area contributed by atoms with Crippen LogP contribution < -0.4 is 10.6 Å². The highest BCUT2D eigenvalue weighted by atomic mass is 127. The number of halogens is 1. The van der Waals surface area contributed by atoms with Crippen LogP contribution in [0.1, 0.15) is 45.4 Å². The maximum absolute atomic E-state index is 12.7. The van der Waals surface area contributed by atoms with Gasteiger partial charge in [-0.25, -0.2) is 0 Å². The van der Waals surface area contributed by atoms with Crippen molar-refractivity contribution in [3.05, 3.63) is 11.6 Å². The third-order valence-corrected chi connectivity index (χ3v) is 6.79. The molecule has 166 valence electrons. The maximum Gasteiger partial charge on any atom is 0.225 e. The molecule has 3 rings (SSSR count). The minimum Gasteiger partial charge on any atom is -0.377 e. The standard InChI is InChI=1S/C21H36N4O2S.HI/c1-2-22-21(23-10-7-17-8-13-27-14-9-17)24-19-5-3-18(4-6-19)20(26)25-11-15-28-16-12-25;/h8,18-19H,2-7,9-16H2,1H3,(H2,22,23,24);1H. The fourth-order valence-electron chi connectivity index (χ4n) is 4.14. The van der Waals surface area contributed by atoms with Crippen LogP contribution in [0.15, 0.2) is 16.6 Å². The Hall–Kier alpha value is -0.480. The van der Waals surface area contributed by atoms with E-state index in [1.807, 2.05) is 11.8 Å². The van der Waals surface area contributed by atoms with Crippen LogP contribution in [0.25, 0.3) is 0 Å². The average molecular weight is 537 g/mol. The van der Waals surface area contributed by atoms with Crippen LogP contribution in [0.3, 0.4) is 0 Å². The van der Waals surface area contributed by atoms with Crippen molar-refractivity contribution in [1.29, 1.82) is 0 Å². The molecule has 0 unspecified atom stereocenters. The molecule has 1 saturated heterocycles. The van der Waals surface area contributed by atoms with Gasteiger partial charge in [-0.3, -0.25) is 9.79 Å². The second-order valence-electron chi connectivity index (χ2n) is 7.83. The summed E-state index contributed by atoms with van der Waals surface area (Å²) in [5.41, 5.74) is 1.46. The number of amides is 1. The fraction of sp³-hybridized carbons (Fsp3) is 0.810. The molecule has 2 N–H and O–H groups in total. The lowest BCUT2D eigenvalue weighted by Crippen LogP contribution is -2.47. The van der Waals surface area contributed by atoms with E-state index < -0.39 is 0 Å². The second kappa shape index (κ2) is 13.7. The predicted octanol–water partition coefficient (Wildman–Crippen LogP) is 3.03. The Bertz CT molecular complexity index is 559. The Morgan fingerprint density at radius 3 is 2.69 bits per heavy atom. The van der Waals surface area contributed by atoms with E-state index in [9.17, 15) is 4.79 Å². The number of aliphatic imine (C=N–C) groups is 1. The normalized spacial score (nSPS) is 25.6. The first kappa shape index (κ1) is 24.8. The van der Waals surface area contributed by atoms with Crippen molar-refractivity contribution in [2.45, 2.75) is 51.5 Å². The lowest BCUT2D eigenvalue weighted by atomic mass is 9.85. The van der Waals surface area contributed by atoms with E-state index in [1.54, 1.807) is 0 Å². The van der Waals surface area contributed by atoms with Gasteiger partial charge in [0.1, 0.15) is 0 Å². The predicted molar refractivity (Wildman–Crippen MR) is 132 cm³/mol. The largest absolute Gasteiger partial charge is 0.377 e. The number of nitrogens with zero attached hydrogens (tertiary/aromatic N) is 2. The molecular formula is C21H37IN4O2S. The van der Waals surface area contributed by atoms with Gasteiger partial charge < -0.3 is 20.3 Å². The zero-order valence-electron chi connectivity index (χ0n) is 17.7. The Morgan fingerprint density at radius 1 is 1.28 bits per heavy atom. The Balaban J connectivity index is 0.00000300. The van der Waals surface area contributed by atoms with Crippen LogP contribution in [-0.2, 0) is 9.53 Å². The molecule has 0 aromatic rings. The molecule has 2 aliphatic heterocycles. The van der Waals surface area contributed by atoms with Crippen molar-refractivity contribution in [1.82, 2.24) is 15.5 Å². The van der Waals surface area contributed by atoms with Crippen molar-refractivity contribution in [2.75, 3.05) is 50.9 Å². The van der Waals surface area contributed by atoms with E-state index in [2.05, 4.69) is 28.5 Å². The van der Waals surface area contributed by atoms with Gasteiger partial charge in [-0.15, -0.1) is 24.0 Å². The summed E-state index contributed by atoms with van der Waals surface area (Å²) in [5.74, 6) is 3.72. The number of carbonyl (C=O) groups excluding carboxylic acids is 1. The van der Waals surface area contributed by atoms with Crippen LogP contribution in [0.5, 0.6) is 0 Å². The van der Waals surface area contributed by atoms with Gasteiger partial charge in [-0.05, 0) is 45.4 Å². The molecule has 29 heavy (non-hydrogen) atoms. The van der Waals surface area contributed by atoms with Crippen LogP contribution in [0, 0.1) is 5.92 Å². The van der Waals surface area contributed by atoms with E-state index in [0.717, 1.165) is 95.4 Å². The summed E-state index contributed by atoms with van der Waals surface area (Å²) >= 11 is 1.96. The van der Waals surface area contributed by atoms with Crippen molar-refractivity contribution < 1.29 is 9.53 Å². The Kier molecular flexibility index (Phi) is 11.8. The van der Waals surface area contributed by atoms with Gasteiger partial charge in [-0.2, -0.15) is 11.8 Å². The lowest BCUT2D eigenvalue weighted by Gasteiger charge is -2.34. The highest BCUT2D eigenvalue weighted by Crippen LogP contribution is 2.27. The molecule has 1 amide bonds. The van der Waals surface area contributed by atoms with Crippen molar-refractivity contribution >= 4 is 47.6 Å². The van der Waals surface area contributed by atoms with Crippen molar-refractivity contribution in [3.63, 3.8) is 0 Å². The van der Waals surface area contributed by atoms with E-state index >= 15 is 0 Å². The molecule has 0 spiro atoms. The average Bonchev–Trinajstić information content (AvgIpc) is 2.75. The molecule has 0 aromatic carbocycles. The molecule has 0 radical (unpaired) electrons. The Labute approximate surface area is 197 Å². The first-order valence-corrected chi connectivity index (χ1v) is 12.1. The summed E-state index contributed by atoms with van der Waals surface area (Å²) < 4.78 is 5.37. The van der Waals surface area contributed by atoms with Crippen LogP contribution >= 0.6 is 35.7 Å². The minimum absolute atomic E-state index is 0. The molecule has 2 fully saturated rings. The lowest BCUT2D eigenvalue weighted by molar-refractivity contribution is -0.136. The van der Waals surface area contributed by atoms with E-state index in [-0.39, 0.29) is 29.9 Å². The number of carbonyl (C=O) groups is 1. The van der Waals surface area contributed by atoms with Crippen LogP contribution in [-0.4, -0.2) is 73.7 Å². The van der Waals surface area contributed by atoms with Crippen LogP contribution in [0.4, 0.5) is 0 Å². The van der Waals surface area contributed by atoms with Gasteiger partial charge in [0, 0.05) is 49.6 Å². The van der Waals surface area contributed by atoms with Crippen LogP contribution in [0.2, 0.25) is 0 Å². The summed E-state index contributed by atoms with van der Waals surface area (Å²) in [7, 11) is 0. The molecule has 0 aromatic heterocycles. The van der Waals surface area contributed by atoms with Gasteiger partial charge in [-0.1, -0.05) is 11.6 Å². The highest BCUT2D eigenvalue weighted by molar-refractivity contribution is 14.0. The minimum atomic E-state index is 0. The molecule has 6 nitrogen and oxygen atoms in total. The third kappa shape index (κ3) is 8.28. The Morgan fingerprint density at radius 2 is 2.03 bits per heavy atom. The number of hydrogen-bond acceptors (Lipinski definition) is 4. The summed E-state index contributed by atoms with van der Waals surface area (Å²) in [6.45, 7) is 7.22. The first-order valence-electron chi connectivity index (χ1n) is 10.9. The van der Waals surface area contributed by atoms with E-state index in [1.165, 1.54) is 5.57 Å². The number of ether oxygens (including phenoxy) is 1. The zero-order valence-corrected chi connectivity index (χ0v) is 20.8. The molecule has 8 heteroatoms. The third-order valence-electron chi connectivity index (χ3n) is 5.84. The van der Waals surface area contributed by atoms with E-state index in [0.29, 0.717) is 11.9 Å². The van der Waals surface area contributed by atoms with Crippen molar-refractivity contribution in [2.24, 2.45) is 10.9 Å². The maximum atomic E-state index is 12.7. The molecular weight excluding hydrogens is 499 g/mol. The van der Waals surface area contributed by atoms with E-state index in [4.69, 9.17) is 9.73 Å². The molecule has 3 aliphatic rings. The fourth-order valence-corrected chi connectivity index (χ4v) is 5.05. The van der Waals surface area contributed by atoms with Gasteiger partial charge in [0.15, 0.2) is 5.96 Å². The summed E-state index contributed by atoms with van der Waals surface area (Å²) in [4.78, 5) is 19.6. The van der Waals surface area contributed by atoms with Gasteiger partial charge in [0.05, 0.1) is 13.2 Å². The van der Waals surface area contributed by atoms with Crippen molar-refractivity contribution in [3.8, 4) is 0 Å². The number of rotatable bonds is 6. The quantitative estimate of drug-likeness (QED) is 0.237. The first-order chi connectivity index (χ1) is 13.8.